The number of hydrogen-bond acceptors (Lipinski definition) is 3. The van der Waals surface area contributed by atoms with E-state index in [0.717, 1.165) is 37.8 Å². The standard InChI is InChI=1S/C17H26ClN3/c1-2-5-15-10-14(12-18)11-17(19-15)21-9-4-8-20-7-3-6-16(20)13-21/h10-11,16H,2-9,12-13H2,1H3. The Bertz CT molecular complexity index is 477. The molecule has 1 atom stereocenters. The van der Waals surface area contributed by atoms with Crippen LogP contribution in [-0.2, 0) is 12.3 Å². The number of anilines is 1. The van der Waals surface area contributed by atoms with Crippen molar-refractivity contribution in [3.8, 4) is 0 Å². The maximum atomic E-state index is 6.08. The number of aromatic nitrogens is 1. The van der Waals surface area contributed by atoms with Crippen LogP contribution in [0.5, 0.6) is 0 Å². The van der Waals surface area contributed by atoms with Crippen LogP contribution < -0.4 is 4.90 Å². The molecule has 0 aliphatic carbocycles. The minimum absolute atomic E-state index is 0.579. The summed E-state index contributed by atoms with van der Waals surface area (Å²) in [6.07, 6.45) is 6.12. The van der Waals surface area contributed by atoms with Crippen LogP contribution in [0.15, 0.2) is 12.1 Å². The normalized spacial score (nSPS) is 23.1. The van der Waals surface area contributed by atoms with Crippen LogP contribution in [0.1, 0.15) is 43.9 Å². The highest BCUT2D eigenvalue weighted by Crippen LogP contribution is 2.25. The molecule has 2 fully saturated rings. The fraction of sp³-hybridized carbons (Fsp3) is 0.706. The highest BCUT2D eigenvalue weighted by atomic mass is 35.5. The number of hydrogen-bond donors (Lipinski definition) is 0. The zero-order valence-corrected chi connectivity index (χ0v) is 13.8. The smallest absolute Gasteiger partial charge is 0.129 e. The molecule has 0 aromatic carbocycles. The predicted molar refractivity (Wildman–Crippen MR) is 89.2 cm³/mol. The quantitative estimate of drug-likeness (QED) is 0.794. The van der Waals surface area contributed by atoms with Crippen LogP contribution in [0.4, 0.5) is 5.82 Å². The molecule has 0 spiro atoms. The molecule has 3 nitrogen and oxygen atoms in total. The zero-order valence-electron chi connectivity index (χ0n) is 13.0. The number of halogens is 1. The summed E-state index contributed by atoms with van der Waals surface area (Å²) in [5.41, 5.74) is 2.40. The number of rotatable bonds is 4. The first kappa shape index (κ1) is 15.1. The molecule has 0 amide bonds. The molecular weight excluding hydrogens is 282 g/mol. The third-order valence-corrected chi connectivity index (χ3v) is 5.02. The van der Waals surface area contributed by atoms with Gasteiger partial charge >= 0.3 is 0 Å². The molecule has 0 N–H and O–H groups in total. The van der Waals surface area contributed by atoms with Crippen LogP contribution in [-0.4, -0.2) is 42.1 Å². The third kappa shape index (κ3) is 3.51. The number of pyridine rings is 1. The summed E-state index contributed by atoms with van der Waals surface area (Å²) < 4.78 is 0. The average Bonchev–Trinajstić information content (AvgIpc) is 2.84. The van der Waals surface area contributed by atoms with E-state index < -0.39 is 0 Å². The zero-order chi connectivity index (χ0) is 14.7. The lowest BCUT2D eigenvalue weighted by Gasteiger charge is -2.27. The van der Waals surface area contributed by atoms with Gasteiger partial charge in [-0.2, -0.15) is 0 Å². The van der Waals surface area contributed by atoms with E-state index in [0.29, 0.717) is 5.88 Å². The molecule has 0 bridgehead atoms. The summed E-state index contributed by atoms with van der Waals surface area (Å²) in [7, 11) is 0. The van der Waals surface area contributed by atoms with Crippen molar-refractivity contribution in [2.75, 3.05) is 31.1 Å². The lowest BCUT2D eigenvalue weighted by atomic mass is 10.1. The lowest BCUT2D eigenvalue weighted by Crippen LogP contribution is -2.37. The van der Waals surface area contributed by atoms with Gasteiger partial charge in [-0.3, -0.25) is 4.90 Å². The Morgan fingerprint density at radius 2 is 2.10 bits per heavy atom. The average molecular weight is 308 g/mol. The van der Waals surface area contributed by atoms with E-state index in [1.165, 1.54) is 43.6 Å². The first-order chi connectivity index (χ1) is 10.3. The van der Waals surface area contributed by atoms with Gasteiger partial charge < -0.3 is 4.90 Å². The molecule has 2 aliphatic rings. The highest BCUT2D eigenvalue weighted by Gasteiger charge is 2.29. The van der Waals surface area contributed by atoms with Gasteiger partial charge in [0, 0.05) is 37.3 Å². The minimum Gasteiger partial charge on any atom is -0.355 e. The summed E-state index contributed by atoms with van der Waals surface area (Å²) >= 11 is 6.08. The Hall–Kier alpha value is -0.800. The fourth-order valence-corrected chi connectivity index (χ4v) is 3.83. The summed E-state index contributed by atoms with van der Waals surface area (Å²) in [5.74, 6) is 1.72. The maximum Gasteiger partial charge on any atom is 0.129 e. The lowest BCUT2D eigenvalue weighted by molar-refractivity contribution is 0.273. The van der Waals surface area contributed by atoms with Gasteiger partial charge in [-0.1, -0.05) is 13.3 Å². The third-order valence-electron chi connectivity index (χ3n) is 4.71. The molecule has 2 aliphatic heterocycles. The minimum atomic E-state index is 0.579. The van der Waals surface area contributed by atoms with E-state index in [9.17, 15) is 0 Å². The molecule has 1 unspecified atom stereocenters. The second kappa shape index (κ2) is 6.97. The van der Waals surface area contributed by atoms with E-state index >= 15 is 0 Å². The first-order valence-corrected chi connectivity index (χ1v) is 8.88. The molecule has 0 radical (unpaired) electrons. The molecule has 3 rings (SSSR count). The van der Waals surface area contributed by atoms with Gasteiger partial charge in [0.15, 0.2) is 0 Å². The van der Waals surface area contributed by atoms with Crippen molar-refractivity contribution >= 4 is 17.4 Å². The van der Waals surface area contributed by atoms with Crippen molar-refractivity contribution < 1.29 is 0 Å². The van der Waals surface area contributed by atoms with E-state index in [1.54, 1.807) is 0 Å². The molecule has 116 valence electrons. The van der Waals surface area contributed by atoms with Crippen LogP contribution >= 0.6 is 11.6 Å². The Balaban J connectivity index is 1.82. The number of alkyl halides is 1. The largest absolute Gasteiger partial charge is 0.355 e. The first-order valence-electron chi connectivity index (χ1n) is 8.35. The molecule has 4 heteroatoms. The van der Waals surface area contributed by atoms with Gasteiger partial charge in [-0.15, -0.1) is 11.6 Å². The van der Waals surface area contributed by atoms with E-state index in [4.69, 9.17) is 16.6 Å². The van der Waals surface area contributed by atoms with Gasteiger partial charge in [0.25, 0.3) is 0 Å². The van der Waals surface area contributed by atoms with Gasteiger partial charge in [0.2, 0.25) is 0 Å². The molecule has 0 saturated carbocycles. The second-order valence-electron chi connectivity index (χ2n) is 6.34. The highest BCUT2D eigenvalue weighted by molar-refractivity contribution is 6.17. The molecule has 21 heavy (non-hydrogen) atoms. The van der Waals surface area contributed by atoms with Crippen LogP contribution in [0, 0.1) is 0 Å². The fourth-order valence-electron chi connectivity index (χ4n) is 3.67. The molecule has 1 aromatic heterocycles. The van der Waals surface area contributed by atoms with Crippen molar-refractivity contribution in [1.82, 2.24) is 9.88 Å². The van der Waals surface area contributed by atoms with Crippen LogP contribution in [0.2, 0.25) is 0 Å². The topological polar surface area (TPSA) is 19.4 Å². The van der Waals surface area contributed by atoms with Crippen LogP contribution in [0.25, 0.3) is 0 Å². The number of nitrogens with zero attached hydrogens (tertiary/aromatic N) is 3. The summed E-state index contributed by atoms with van der Waals surface area (Å²) in [6, 6.07) is 5.08. The van der Waals surface area contributed by atoms with Crippen molar-refractivity contribution in [3.63, 3.8) is 0 Å². The van der Waals surface area contributed by atoms with Crippen molar-refractivity contribution in [2.45, 2.75) is 50.9 Å². The predicted octanol–water partition coefficient (Wildman–Crippen LogP) is 3.45. The number of aryl methyl sites for hydroxylation is 1. The van der Waals surface area contributed by atoms with Crippen molar-refractivity contribution in [1.29, 1.82) is 0 Å². The van der Waals surface area contributed by atoms with E-state index in [1.807, 2.05) is 0 Å². The Labute approximate surface area is 133 Å². The van der Waals surface area contributed by atoms with E-state index in [2.05, 4.69) is 28.9 Å². The monoisotopic (exact) mass is 307 g/mol. The second-order valence-corrected chi connectivity index (χ2v) is 6.61. The van der Waals surface area contributed by atoms with Gasteiger partial charge in [0.1, 0.15) is 5.82 Å². The van der Waals surface area contributed by atoms with E-state index in [-0.39, 0.29) is 0 Å². The van der Waals surface area contributed by atoms with Gasteiger partial charge in [-0.05, 0) is 49.9 Å². The van der Waals surface area contributed by atoms with Gasteiger partial charge in [-0.25, -0.2) is 4.98 Å². The van der Waals surface area contributed by atoms with Crippen LogP contribution in [0.3, 0.4) is 0 Å². The Morgan fingerprint density at radius 1 is 1.24 bits per heavy atom. The molecule has 1 aromatic rings. The van der Waals surface area contributed by atoms with Gasteiger partial charge in [0.05, 0.1) is 0 Å². The molecular formula is C17H26ClN3. The summed E-state index contributed by atoms with van der Waals surface area (Å²) in [6.45, 7) is 6.99. The SMILES string of the molecule is CCCc1cc(CCl)cc(N2CCCN3CCCC3C2)n1. The van der Waals surface area contributed by atoms with Crippen molar-refractivity contribution in [2.24, 2.45) is 0 Å². The number of fused-ring (bicyclic) bond motifs is 1. The Kier molecular flexibility index (Phi) is 5.02. The summed E-state index contributed by atoms with van der Waals surface area (Å²) in [5, 5.41) is 0. The maximum absolute atomic E-state index is 6.08. The summed E-state index contributed by atoms with van der Waals surface area (Å²) in [4.78, 5) is 10.1. The van der Waals surface area contributed by atoms with Crippen molar-refractivity contribution in [3.05, 3.63) is 23.4 Å². The molecule has 2 saturated heterocycles. The molecule has 3 heterocycles. The Morgan fingerprint density at radius 3 is 2.90 bits per heavy atom.